The van der Waals surface area contributed by atoms with Gasteiger partial charge in [0.15, 0.2) is 0 Å². The minimum Gasteiger partial charge on any atom is -1.00 e. The molecule has 3 heteroatoms. The van der Waals surface area contributed by atoms with Crippen LogP contribution in [0.5, 0.6) is 0 Å². The summed E-state index contributed by atoms with van der Waals surface area (Å²) < 4.78 is 0. The monoisotopic (exact) mass is 757 g/mol. The van der Waals surface area contributed by atoms with Crippen LogP contribution in [-0.2, 0) is 36.7 Å². The molecule has 5 aromatic carbocycles. The summed E-state index contributed by atoms with van der Waals surface area (Å²) >= 11 is 0. The van der Waals surface area contributed by atoms with Crippen molar-refractivity contribution in [2.75, 3.05) is 0 Å². The Labute approximate surface area is 283 Å². The normalized spacial score (nSPS) is 14.6. The second kappa shape index (κ2) is 12.7. The zero-order chi connectivity index (χ0) is 27.5. The molecule has 1 aliphatic carbocycles. The average Bonchev–Trinajstić information content (AvgIpc) is 3.43. The number of fused-ring (bicyclic) bond motifs is 2. The fraction of sp³-hybridized carbons (Fsp3) is 0.256. The van der Waals surface area contributed by atoms with Crippen LogP contribution in [0, 0.1) is 0 Å². The molecule has 0 saturated heterocycles. The Balaban J connectivity index is 0.00000161. The Morgan fingerprint density at radius 2 is 1.17 bits per heavy atom. The van der Waals surface area contributed by atoms with E-state index in [-0.39, 0.29) is 61.5 Å². The molecule has 0 saturated carbocycles. The van der Waals surface area contributed by atoms with Crippen molar-refractivity contribution in [3.63, 3.8) is 0 Å². The van der Waals surface area contributed by atoms with E-state index in [2.05, 4.69) is 152 Å². The first-order valence-electron chi connectivity index (χ1n) is 14.3. The molecular formula is C39H39Cl2Hf-3. The predicted molar refractivity (Wildman–Crippen MR) is 170 cm³/mol. The van der Waals surface area contributed by atoms with Crippen molar-refractivity contribution in [1.82, 2.24) is 0 Å². The molecule has 1 aliphatic rings. The molecule has 1 atom stereocenters. The summed E-state index contributed by atoms with van der Waals surface area (Å²) in [6.07, 6.45) is 0. The fourth-order valence-electron chi connectivity index (χ4n) is 6.27. The molecule has 1 unspecified atom stereocenters. The van der Waals surface area contributed by atoms with Gasteiger partial charge in [-0.3, -0.25) is 0 Å². The van der Waals surface area contributed by atoms with Crippen LogP contribution >= 0.6 is 0 Å². The van der Waals surface area contributed by atoms with Crippen molar-refractivity contribution >= 4 is 21.9 Å². The van der Waals surface area contributed by atoms with Gasteiger partial charge in [0.05, 0.1) is 0 Å². The number of hydrogen-bond acceptors (Lipinski definition) is 0. The van der Waals surface area contributed by atoms with Gasteiger partial charge in [-0.15, -0.1) is 34.0 Å². The smallest absolute Gasteiger partial charge is 0.00725 e. The van der Waals surface area contributed by atoms with Gasteiger partial charge < -0.3 is 24.8 Å². The largest absolute Gasteiger partial charge is 1.00 e. The van der Waals surface area contributed by atoms with Gasteiger partial charge in [0.1, 0.15) is 0 Å². The van der Waals surface area contributed by atoms with Crippen LogP contribution in [0.4, 0.5) is 0 Å². The van der Waals surface area contributed by atoms with Crippen molar-refractivity contribution in [3.05, 3.63) is 137 Å². The molecule has 0 amide bonds. The summed E-state index contributed by atoms with van der Waals surface area (Å²) in [5, 5.41) is 2.64. The van der Waals surface area contributed by atoms with E-state index in [1.165, 1.54) is 66.4 Å². The third kappa shape index (κ3) is 6.03. The van der Waals surface area contributed by atoms with Crippen LogP contribution < -0.4 is 24.8 Å². The summed E-state index contributed by atoms with van der Waals surface area (Å²) in [6, 6.07) is 38.7. The molecule has 0 heterocycles. The first kappa shape index (κ1) is 34.2. The Kier molecular flexibility index (Phi) is 10.4. The van der Waals surface area contributed by atoms with E-state index in [1.807, 2.05) is 0 Å². The summed E-state index contributed by atoms with van der Waals surface area (Å²) in [7, 11) is 0. The molecule has 0 radical (unpaired) electrons. The van der Waals surface area contributed by atoms with Crippen LogP contribution in [0.15, 0.2) is 103 Å². The summed E-state index contributed by atoms with van der Waals surface area (Å²) in [6.45, 7) is 16.3. The molecule has 0 aromatic heterocycles. The number of halogens is 2. The van der Waals surface area contributed by atoms with E-state index < -0.39 is 0 Å². The van der Waals surface area contributed by atoms with E-state index in [4.69, 9.17) is 0 Å². The van der Waals surface area contributed by atoms with Crippen molar-refractivity contribution in [1.29, 1.82) is 0 Å². The predicted octanol–water partition coefficient (Wildman–Crippen LogP) is 4.90. The van der Waals surface area contributed by atoms with Crippen molar-refractivity contribution < 1.29 is 50.7 Å². The molecule has 0 fully saturated rings. The maximum Gasteiger partial charge on any atom is 0.00725 e. The summed E-state index contributed by atoms with van der Waals surface area (Å²) in [4.78, 5) is 0. The Bertz CT molecular complexity index is 1690. The van der Waals surface area contributed by atoms with E-state index >= 15 is 0 Å². The van der Waals surface area contributed by atoms with Crippen molar-refractivity contribution in [2.45, 2.75) is 65.2 Å². The standard InChI is InChI=1S/C39H39.2ClH.Hf/c1-25-31-18-13-14-20-33(31)37(35(25)26-15-9-8-10-16-26)36-32-19-12-11-17-27(32)23-34(36)28-21-29(38(2,3)4)24-30(22-28)39(5,6)7;;;/h8-25H,1-7H3;2*1H;/q-1;;;/p-2. The maximum absolute atomic E-state index is 2.44. The van der Waals surface area contributed by atoms with Gasteiger partial charge in [0.25, 0.3) is 0 Å². The van der Waals surface area contributed by atoms with Gasteiger partial charge in [0.2, 0.25) is 0 Å². The van der Waals surface area contributed by atoms with E-state index in [9.17, 15) is 0 Å². The van der Waals surface area contributed by atoms with Crippen LogP contribution in [-0.4, -0.2) is 0 Å². The molecule has 5 aromatic rings. The first-order valence-corrected chi connectivity index (χ1v) is 14.3. The van der Waals surface area contributed by atoms with E-state index in [0.29, 0.717) is 5.92 Å². The Hall–Kier alpha value is -2.32. The number of benzene rings is 4. The topological polar surface area (TPSA) is 0 Å². The zero-order valence-electron chi connectivity index (χ0n) is 25.6. The van der Waals surface area contributed by atoms with Gasteiger partial charge >= 0.3 is 0 Å². The van der Waals surface area contributed by atoms with Crippen molar-refractivity contribution in [3.8, 4) is 11.1 Å². The van der Waals surface area contributed by atoms with Crippen LogP contribution in [0.25, 0.3) is 33.0 Å². The van der Waals surface area contributed by atoms with Crippen LogP contribution in [0.1, 0.15) is 87.8 Å². The number of rotatable bonds is 3. The second-order valence-electron chi connectivity index (χ2n) is 13.3. The summed E-state index contributed by atoms with van der Waals surface area (Å²) in [5.74, 6) is 0.325. The molecule has 0 nitrogen and oxygen atoms in total. The second-order valence-corrected chi connectivity index (χ2v) is 13.3. The van der Waals surface area contributed by atoms with Crippen LogP contribution in [0.3, 0.4) is 0 Å². The molecular weight excluding hydrogens is 718 g/mol. The quantitative estimate of drug-likeness (QED) is 0.182. The number of hydrogen-bond donors (Lipinski definition) is 0. The maximum atomic E-state index is 2.44. The van der Waals surface area contributed by atoms with Crippen molar-refractivity contribution in [2.24, 2.45) is 0 Å². The minimum atomic E-state index is 0. The molecule has 0 bridgehead atoms. The average molecular weight is 757 g/mol. The zero-order valence-corrected chi connectivity index (χ0v) is 30.8. The Morgan fingerprint density at radius 1 is 0.619 bits per heavy atom. The van der Waals surface area contributed by atoms with E-state index in [0.717, 1.165) is 0 Å². The molecule has 0 N–H and O–H groups in total. The summed E-state index contributed by atoms with van der Waals surface area (Å²) in [5.41, 5.74) is 13.8. The molecule has 0 aliphatic heterocycles. The SMILES string of the molecule is CC1C(c2ccccc2)=C(c2c(-c3cc(C(C)(C)C)cc(C(C)(C)C)c3)[cH-]c3ccccc23)c2ccccc21.[Cl-].[Cl-].[Hf]. The first-order chi connectivity index (χ1) is 18.5. The minimum absolute atomic E-state index is 0. The van der Waals surface area contributed by atoms with Gasteiger partial charge in [-0.25, -0.2) is 0 Å². The molecule has 42 heavy (non-hydrogen) atoms. The van der Waals surface area contributed by atoms with Crippen LogP contribution in [0.2, 0.25) is 0 Å². The number of allylic oxidation sites excluding steroid dienone is 1. The third-order valence-corrected chi connectivity index (χ3v) is 8.51. The van der Waals surface area contributed by atoms with Gasteiger partial charge in [0, 0.05) is 31.8 Å². The third-order valence-electron chi connectivity index (χ3n) is 8.51. The van der Waals surface area contributed by atoms with Gasteiger partial charge in [-0.1, -0.05) is 145 Å². The molecule has 216 valence electrons. The Morgan fingerprint density at radius 3 is 1.79 bits per heavy atom. The van der Waals surface area contributed by atoms with Gasteiger partial charge in [-0.05, 0) is 49.8 Å². The molecule has 0 spiro atoms. The fourth-order valence-corrected chi connectivity index (χ4v) is 6.27. The van der Waals surface area contributed by atoms with Gasteiger partial charge in [-0.2, -0.15) is 0 Å². The van der Waals surface area contributed by atoms with E-state index in [1.54, 1.807) is 0 Å². The molecule has 6 rings (SSSR count).